The van der Waals surface area contributed by atoms with E-state index in [0.29, 0.717) is 11.4 Å². The van der Waals surface area contributed by atoms with Gasteiger partial charge in [0.15, 0.2) is 5.82 Å². The van der Waals surface area contributed by atoms with Crippen LogP contribution in [-0.4, -0.2) is 17.0 Å². The Morgan fingerprint density at radius 2 is 1.67 bits per heavy atom. The van der Waals surface area contributed by atoms with E-state index < -0.39 is 11.6 Å². The zero-order chi connectivity index (χ0) is 14.8. The molecule has 1 heterocycles. The van der Waals surface area contributed by atoms with Crippen LogP contribution in [0.15, 0.2) is 18.2 Å². The fraction of sp³-hybridized carbons (Fsp3) is 0.375. The molecule has 1 aromatic heterocycles. The van der Waals surface area contributed by atoms with E-state index in [0.717, 1.165) is 48.8 Å². The summed E-state index contributed by atoms with van der Waals surface area (Å²) in [6, 6.07) is 3.38. The van der Waals surface area contributed by atoms with Crippen molar-refractivity contribution < 1.29 is 8.78 Å². The predicted molar refractivity (Wildman–Crippen MR) is 78.2 cm³/mol. The zero-order valence-corrected chi connectivity index (χ0v) is 11.9. The molecule has 21 heavy (non-hydrogen) atoms. The van der Waals surface area contributed by atoms with Crippen LogP contribution < -0.4 is 5.32 Å². The van der Waals surface area contributed by atoms with Gasteiger partial charge in [-0.2, -0.15) is 0 Å². The van der Waals surface area contributed by atoms with Crippen molar-refractivity contribution in [3.63, 3.8) is 0 Å². The van der Waals surface area contributed by atoms with E-state index in [1.807, 2.05) is 7.05 Å². The van der Waals surface area contributed by atoms with Gasteiger partial charge in [-0.3, -0.25) is 0 Å². The second kappa shape index (κ2) is 5.76. The zero-order valence-electron chi connectivity index (χ0n) is 11.9. The molecule has 0 radical (unpaired) electrons. The molecular formula is C16H17F2N3. The van der Waals surface area contributed by atoms with Crippen molar-refractivity contribution in [2.45, 2.75) is 32.1 Å². The molecule has 5 heteroatoms. The molecule has 0 unspecified atom stereocenters. The average Bonchev–Trinajstić information content (AvgIpc) is 2.70. The third kappa shape index (κ3) is 2.86. The van der Waals surface area contributed by atoms with Gasteiger partial charge in [0.2, 0.25) is 0 Å². The molecule has 1 N–H and O–H groups in total. The Bertz CT molecular complexity index is 651. The van der Waals surface area contributed by atoms with Crippen LogP contribution in [0.5, 0.6) is 0 Å². The normalized spacial score (nSPS) is 14.4. The first kappa shape index (κ1) is 13.9. The number of hydrogen-bond acceptors (Lipinski definition) is 3. The van der Waals surface area contributed by atoms with Gasteiger partial charge in [-0.15, -0.1) is 0 Å². The highest BCUT2D eigenvalue weighted by molar-refractivity contribution is 5.60. The summed E-state index contributed by atoms with van der Waals surface area (Å²) in [6.07, 6.45) is 5.22. The van der Waals surface area contributed by atoms with Gasteiger partial charge in [-0.25, -0.2) is 18.7 Å². The van der Waals surface area contributed by atoms with Crippen LogP contribution >= 0.6 is 0 Å². The highest BCUT2D eigenvalue weighted by Crippen LogP contribution is 2.28. The van der Waals surface area contributed by atoms with Crippen LogP contribution in [0.3, 0.4) is 0 Å². The number of anilines is 1. The van der Waals surface area contributed by atoms with E-state index in [9.17, 15) is 8.78 Å². The molecule has 110 valence electrons. The number of halogens is 2. The van der Waals surface area contributed by atoms with E-state index in [2.05, 4.69) is 15.3 Å². The van der Waals surface area contributed by atoms with Crippen molar-refractivity contribution in [1.29, 1.82) is 0 Å². The SMILES string of the molecule is CNc1nc(-c2cc(F)cc(F)c2)nc2c1CCCCC2. The van der Waals surface area contributed by atoms with Crippen LogP contribution in [0.25, 0.3) is 11.4 Å². The lowest BCUT2D eigenvalue weighted by atomic mass is 10.1. The fourth-order valence-corrected chi connectivity index (χ4v) is 2.79. The minimum Gasteiger partial charge on any atom is -0.373 e. The molecule has 3 rings (SSSR count). The van der Waals surface area contributed by atoms with Crippen LogP contribution in [0.4, 0.5) is 14.6 Å². The van der Waals surface area contributed by atoms with Crippen molar-refractivity contribution in [3.05, 3.63) is 41.1 Å². The molecule has 1 aromatic carbocycles. The Morgan fingerprint density at radius 1 is 0.952 bits per heavy atom. The van der Waals surface area contributed by atoms with E-state index in [1.165, 1.54) is 18.6 Å². The third-order valence-corrected chi connectivity index (χ3v) is 3.79. The van der Waals surface area contributed by atoms with Gasteiger partial charge in [0.1, 0.15) is 17.5 Å². The van der Waals surface area contributed by atoms with Crippen molar-refractivity contribution in [2.24, 2.45) is 0 Å². The van der Waals surface area contributed by atoms with Crippen molar-refractivity contribution >= 4 is 5.82 Å². The summed E-state index contributed by atoms with van der Waals surface area (Å²) in [7, 11) is 1.81. The Hall–Kier alpha value is -2.04. The van der Waals surface area contributed by atoms with Gasteiger partial charge >= 0.3 is 0 Å². The molecule has 0 atom stereocenters. The van der Waals surface area contributed by atoms with Crippen molar-refractivity contribution in [1.82, 2.24) is 9.97 Å². The molecule has 0 aliphatic heterocycles. The van der Waals surface area contributed by atoms with Crippen LogP contribution in [0.1, 0.15) is 30.5 Å². The topological polar surface area (TPSA) is 37.8 Å². The van der Waals surface area contributed by atoms with Gasteiger partial charge in [0.25, 0.3) is 0 Å². The highest BCUT2D eigenvalue weighted by atomic mass is 19.1. The van der Waals surface area contributed by atoms with E-state index in [1.54, 1.807) is 0 Å². The number of hydrogen-bond donors (Lipinski definition) is 1. The van der Waals surface area contributed by atoms with Crippen molar-refractivity contribution in [2.75, 3.05) is 12.4 Å². The minimum atomic E-state index is -0.616. The maximum Gasteiger partial charge on any atom is 0.161 e. The summed E-state index contributed by atoms with van der Waals surface area (Å²) in [5.41, 5.74) is 2.50. The number of nitrogens with zero attached hydrogens (tertiary/aromatic N) is 2. The smallest absolute Gasteiger partial charge is 0.161 e. The van der Waals surface area contributed by atoms with Gasteiger partial charge in [-0.1, -0.05) is 6.42 Å². The second-order valence-corrected chi connectivity index (χ2v) is 5.29. The van der Waals surface area contributed by atoms with Crippen LogP contribution in [0, 0.1) is 11.6 Å². The Labute approximate surface area is 122 Å². The summed E-state index contributed by atoms with van der Waals surface area (Å²) >= 11 is 0. The van der Waals surface area contributed by atoms with Crippen molar-refractivity contribution in [3.8, 4) is 11.4 Å². The lowest BCUT2D eigenvalue weighted by Gasteiger charge is -2.13. The monoisotopic (exact) mass is 289 g/mol. The van der Waals surface area contributed by atoms with E-state index >= 15 is 0 Å². The summed E-state index contributed by atoms with van der Waals surface area (Å²) in [4.78, 5) is 8.99. The number of nitrogens with one attached hydrogen (secondary N) is 1. The van der Waals surface area contributed by atoms with Gasteiger partial charge < -0.3 is 5.32 Å². The number of aryl methyl sites for hydroxylation is 1. The minimum absolute atomic E-state index is 0.371. The van der Waals surface area contributed by atoms with E-state index in [4.69, 9.17) is 0 Å². The second-order valence-electron chi connectivity index (χ2n) is 5.29. The first-order valence-electron chi connectivity index (χ1n) is 7.21. The first-order chi connectivity index (χ1) is 10.2. The number of aromatic nitrogens is 2. The average molecular weight is 289 g/mol. The molecule has 0 spiro atoms. The summed E-state index contributed by atoms with van der Waals surface area (Å²) in [5.74, 6) is -0.0935. The molecule has 0 bridgehead atoms. The molecule has 1 aliphatic carbocycles. The van der Waals surface area contributed by atoms with Crippen LogP contribution in [0.2, 0.25) is 0 Å². The standard InChI is InChI=1S/C16H17F2N3/c1-19-16-13-5-3-2-4-6-14(13)20-15(21-16)10-7-11(17)9-12(18)8-10/h7-9H,2-6H2,1H3,(H,19,20,21). The van der Waals surface area contributed by atoms with Crippen LogP contribution in [-0.2, 0) is 12.8 Å². The number of rotatable bonds is 2. The molecule has 0 saturated heterocycles. The quantitative estimate of drug-likeness (QED) is 0.856. The molecular weight excluding hydrogens is 272 g/mol. The third-order valence-electron chi connectivity index (χ3n) is 3.79. The molecule has 0 amide bonds. The Kier molecular flexibility index (Phi) is 3.82. The Balaban J connectivity index is 2.13. The van der Waals surface area contributed by atoms with E-state index in [-0.39, 0.29) is 0 Å². The fourth-order valence-electron chi connectivity index (χ4n) is 2.79. The van der Waals surface area contributed by atoms with Gasteiger partial charge in [0.05, 0.1) is 0 Å². The number of fused-ring (bicyclic) bond motifs is 1. The lowest BCUT2D eigenvalue weighted by molar-refractivity contribution is 0.584. The largest absolute Gasteiger partial charge is 0.373 e. The highest BCUT2D eigenvalue weighted by Gasteiger charge is 2.17. The maximum absolute atomic E-state index is 13.4. The molecule has 3 nitrogen and oxygen atoms in total. The summed E-state index contributed by atoms with van der Waals surface area (Å²) in [5, 5.41) is 3.08. The molecule has 0 fully saturated rings. The molecule has 0 saturated carbocycles. The van der Waals surface area contributed by atoms with Gasteiger partial charge in [-0.05, 0) is 37.8 Å². The lowest BCUT2D eigenvalue weighted by Crippen LogP contribution is -2.07. The van der Waals surface area contributed by atoms with Gasteiger partial charge in [0, 0.05) is 29.9 Å². The molecule has 2 aromatic rings. The first-order valence-corrected chi connectivity index (χ1v) is 7.21. The summed E-state index contributed by atoms with van der Waals surface area (Å²) in [6.45, 7) is 0. The Morgan fingerprint density at radius 3 is 2.38 bits per heavy atom. The molecule has 1 aliphatic rings. The number of benzene rings is 1. The predicted octanol–water partition coefficient (Wildman–Crippen LogP) is 3.73. The summed E-state index contributed by atoms with van der Waals surface area (Å²) < 4.78 is 26.8. The maximum atomic E-state index is 13.4.